The van der Waals surface area contributed by atoms with Gasteiger partial charge in [-0.15, -0.1) is 34.9 Å². The minimum atomic E-state index is -1.42. The molecule has 0 bridgehead atoms. The van der Waals surface area contributed by atoms with Crippen LogP contribution in [-0.2, 0) is 57.3 Å². The highest BCUT2D eigenvalue weighted by Gasteiger charge is 2.55. The Hall–Kier alpha value is -4.87. The van der Waals surface area contributed by atoms with Gasteiger partial charge in [0.25, 0.3) is 11.8 Å². The fourth-order valence-corrected chi connectivity index (χ4v) is 8.51. The van der Waals surface area contributed by atoms with Crippen molar-refractivity contribution in [1.82, 2.24) is 20.1 Å². The number of thioether (sulfide) groups is 2. The molecule has 2 saturated heterocycles. The van der Waals surface area contributed by atoms with Crippen LogP contribution in [0.1, 0.15) is 33.4 Å². The number of hydrogen-bond acceptors (Lipinski definition) is 20. The lowest BCUT2D eigenvalue weighted by Crippen LogP contribution is -2.71. The van der Waals surface area contributed by atoms with Crippen molar-refractivity contribution in [2.75, 3.05) is 37.6 Å². The van der Waals surface area contributed by atoms with Gasteiger partial charge < -0.3 is 45.3 Å². The maximum Gasteiger partial charge on any atom is 0.511 e. The monoisotopic (exact) mass is 797 g/mol. The highest BCUT2D eigenvalue weighted by molar-refractivity contribution is 8.00. The number of carbonyl (C=O) groups is 7. The Balaban J connectivity index is 1.35. The molecule has 2 fully saturated rings. The summed E-state index contributed by atoms with van der Waals surface area (Å²) in [6.45, 7) is 4.77. The lowest BCUT2D eigenvalue weighted by atomic mass is 10.0. The number of rotatable bonds is 13. The number of amides is 3. The third kappa shape index (κ3) is 8.36. The Morgan fingerprint density at radius 1 is 0.943 bits per heavy atom. The molecule has 20 nitrogen and oxygen atoms in total. The summed E-state index contributed by atoms with van der Waals surface area (Å²) in [6.07, 6.45) is -3.00. The van der Waals surface area contributed by atoms with E-state index < -0.39 is 83.6 Å². The molecule has 1 aromatic rings. The first-order chi connectivity index (χ1) is 25.1. The Kier molecular flexibility index (Phi) is 12.2. The van der Waals surface area contributed by atoms with Crippen LogP contribution in [-0.4, -0.2) is 129 Å². The minimum Gasteiger partial charge on any atom is -0.461 e. The summed E-state index contributed by atoms with van der Waals surface area (Å²) in [6, 6.07) is -2.00. The summed E-state index contributed by atoms with van der Waals surface area (Å²) in [5.41, 5.74) is 11.5. The molecule has 0 spiro atoms. The number of nitrogens with one attached hydrogen (secondary N) is 1. The second kappa shape index (κ2) is 16.4. The fraction of sp³-hybridized carbons (Fsp3) is 0.500. The van der Waals surface area contributed by atoms with Gasteiger partial charge in [0.05, 0.1) is 6.10 Å². The number of ether oxygens (including phenoxy) is 5. The van der Waals surface area contributed by atoms with E-state index in [0.717, 1.165) is 21.1 Å². The zero-order valence-corrected chi connectivity index (χ0v) is 31.3. The van der Waals surface area contributed by atoms with E-state index in [1.807, 2.05) is 0 Å². The lowest BCUT2D eigenvalue weighted by molar-refractivity contribution is -0.169. The van der Waals surface area contributed by atoms with Gasteiger partial charge in [-0.05, 0) is 13.8 Å². The molecule has 3 unspecified atom stereocenters. The van der Waals surface area contributed by atoms with Crippen LogP contribution in [0.4, 0.5) is 9.93 Å². The predicted molar refractivity (Wildman–Crippen MR) is 186 cm³/mol. The number of esters is 3. The Bertz CT molecular complexity index is 1810. The van der Waals surface area contributed by atoms with Gasteiger partial charge >= 0.3 is 24.1 Å². The van der Waals surface area contributed by atoms with Gasteiger partial charge in [0, 0.05) is 41.9 Å². The minimum absolute atomic E-state index is 0.0923. The molecule has 53 heavy (non-hydrogen) atoms. The van der Waals surface area contributed by atoms with Crippen molar-refractivity contribution in [3.05, 3.63) is 33.6 Å². The SMILES string of the molecule is CO/N=C(\C(=O)NC1C(=O)N2C(C(=O)OCC3=C(C(=O)OC(C)OC(=O)OC(C)C)N4C(=O)C(N)[C@@H]4SC3)=C(COC(C)=O)CS[C@H]12)c1csc(N)n1. The normalized spacial score (nSPS) is 22.9. The number of carbonyl (C=O) groups excluding carboxylic acids is 7. The summed E-state index contributed by atoms with van der Waals surface area (Å²) in [4.78, 5) is 101. The largest absolute Gasteiger partial charge is 0.511 e. The second-order valence-electron chi connectivity index (χ2n) is 11.8. The van der Waals surface area contributed by atoms with E-state index in [0.29, 0.717) is 0 Å². The number of thiazole rings is 1. The number of aromatic nitrogens is 1. The first-order valence-corrected chi connectivity index (χ1v) is 18.7. The first kappa shape index (κ1) is 39.3. The number of nitrogens with zero attached hydrogens (tertiary/aromatic N) is 4. The van der Waals surface area contributed by atoms with Crippen LogP contribution in [0.5, 0.6) is 0 Å². The summed E-state index contributed by atoms with van der Waals surface area (Å²) < 4.78 is 25.9. The molecular formula is C30H35N7O13S3. The van der Waals surface area contributed by atoms with Crippen LogP contribution in [0.15, 0.2) is 33.1 Å². The summed E-state index contributed by atoms with van der Waals surface area (Å²) in [5, 5.41) is 6.61. The van der Waals surface area contributed by atoms with Gasteiger partial charge in [-0.2, -0.15) is 0 Å². The highest BCUT2D eigenvalue weighted by Crippen LogP contribution is 2.42. The molecule has 23 heteroatoms. The molecule has 5 N–H and O–H groups in total. The smallest absolute Gasteiger partial charge is 0.461 e. The predicted octanol–water partition coefficient (Wildman–Crippen LogP) is -0.217. The summed E-state index contributed by atoms with van der Waals surface area (Å²) >= 11 is 3.49. The van der Waals surface area contributed by atoms with E-state index in [4.69, 9.17) is 40.0 Å². The molecule has 5 rings (SSSR count). The average molecular weight is 798 g/mol. The lowest BCUT2D eigenvalue weighted by Gasteiger charge is -2.49. The molecule has 5 atom stereocenters. The molecule has 1 aromatic heterocycles. The molecule has 0 radical (unpaired) electrons. The van der Waals surface area contributed by atoms with E-state index in [2.05, 4.69) is 15.5 Å². The molecule has 4 aliphatic rings. The van der Waals surface area contributed by atoms with Crippen molar-refractivity contribution < 1.29 is 62.1 Å². The van der Waals surface area contributed by atoms with E-state index in [-0.39, 0.29) is 57.2 Å². The van der Waals surface area contributed by atoms with Crippen molar-refractivity contribution >= 4 is 87.5 Å². The second-order valence-corrected chi connectivity index (χ2v) is 14.9. The molecule has 0 aromatic carbocycles. The molecule has 3 amide bonds. The van der Waals surface area contributed by atoms with Gasteiger partial charge in [0.15, 0.2) is 10.8 Å². The van der Waals surface area contributed by atoms with Crippen molar-refractivity contribution in [3.63, 3.8) is 0 Å². The average Bonchev–Trinajstić information content (AvgIpc) is 3.54. The zero-order chi connectivity index (χ0) is 38.7. The van der Waals surface area contributed by atoms with Crippen molar-refractivity contribution in [1.29, 1.82) is 0 Å². The number of anilines is 1. The summed E-state index contributed by atoms with van der Waals surface area (Å²) in [7, 11) is 1.23. The van der Waals surface area contributed by atoms with Crippen LogP contribution in [0.2, 0.25) is 0 Å². The van der Waals surface area contributed by atoms with Gasteiger partial charge in [-0.3, -0.25) is 29.0 Å². The van der Waals surface area contributed by atoms with Crippen molar-refractivity contribution in [2.24, 2.45) is 10.9 Å². The van der Waals surface area contributed by atoms with E-state index in [1.165, 1.54) is 49.9 Å². The standard InChI is InChI=1S/C30H35N7O13S3/c1-11(2)48-30(44)50-13(4)49-28(43)21-15(8-51-25-17(31)23(40)36(21)25)7-47-27(42)20-14(6-46-12(3)38)9-52-26-19(24(41)37(20)26)34-22(39)18(35-45-5)16-10-53-29(32)33-16/h10-11,13,17,19,25-26H,6-9,31H2,1-5H3,(H2,32,33)(H,34,39)/b35-18-/t13?,17?,19?,25-,26+/m0/s1. The molecule has 286 valence electrons. The van der Waals surface area contributed by atoms with Crippen LogP contribution in [0.25, 0.3) is 0 Å². The zero-order valence-electron chi connectivity index (χ0n) is 28.8. The Labute approximate surface area is 313 Å². The fourth-order valence-electron chi connectivity index (χ4n) is 5.36. The van der Waals surface area contributed by atoms with Crippen LogP contribution < -0.4 is 16.8 Å². The van der Waals surface area contributed by atoms with Crippen molar-refractivity contribution in [3.8, 4) is 0 Å². The van der Waals surface area contributed by atoms with E-state index in [9.17, 15) is 33.6 Å². The molecule has 4 aliphatic heterocycles. The molecule has 5 heterocycles. The van der Waals surface area contributed by atoms with Crippen molar-refractivity contribution in [2.45, 2.75) is 62.9 Å². The molecule has 0 saturated carbocycles. The van der Waals surface area contributed by atoms with Crippen LogP contribution in [0.3, 0.4) is 0 Å². The number of nitrogen functional groups attached to an aromatic ring is 1. The number of oxime groups is 1. The number of nitrogens with two attached hydrogens (primary N) is 2. The van der Waals surface area contributed by atoms with Gasteiger partial charge in [0.1, 0.15) is 60.2 Å². The topological polar surface area (TPSA) is 271 Å². The highest BCUT2D eigenvalue weighted by atomic mass is 32.2. The number of hydrogen-bond donors (Lipinski definition) is 3. The summed E-state index contributed by atoms with van der Waals surface area (Å²) in [5.74, 6) is -4.55. The Morgan fingerprint density at radius 3 is 2.17 bits per heavy atom. The quantitative estimate of drug-likeness (QED) is 0.0581. The first-order valence-electron chi connectivity index (χ1n) is 15.7. The number of fused-ring (bicyclic) bond motifs is 2. The van der Waals surface area contributed by atoms with Gasteiger partial charge in [-0.25, -0.2) is 19.4 Å². The van der Waals surface area contributed by atoms with Gasteiger partial charge in [0.2, 0.25) is 12.2 Å². The van der Waals surface area contributed by atoms with Crippen LogP contribution >= 0.6 is 34.9 Å². The number of β-lactam (4-membered cyclic amide) rings is 2. The van der Waals surface area contributed by atoms with Crippen LogP contribution in [0, 0.1) is 0 Å². The maximum absolute atomic E-state index is 13.8. The third-order valence-corrected chi connectivity index (χ3v) is 11.0. The van der Waals surface area contributed by atoms with E-state index in [1.54, 1.807) is 13.8 Å². The Morgan fingerprint density at radius 2 is 1.57 bits per heavy atom. The third-order valence-electron chi connectivity index (χ3n) is 7.67. The maximum atomic E-state index is 13.8. The molecular weight excluding hydrogens is 763 g/mol. The van der Waals surface area contributed by atoms with Gasteiger partial charge in [-0.1, -0.05) is 5.16 Å². The van der Waals surface area contributed by atoms with E-state index >= 15 is 0 Å². The molecule has 0 aliphatic carbocycles.